The first-order chi connectivity index (χ1) is 7.59. The molecule has 1 N–H and O–H groups in total. The predicted molar refractivity (Wildman–Crippen MR) is 45.2 cm³/mol. The molecule has 8 heteroatoms. The van der Waals surface area contributed by atoms with E-state index in [1.165, 1.54) is 0 Å². The van der Waals surface area contributed by atoms with E-state index < -0.39 is 36.2 Å². The number of rotatable bonds is 1. The molecule has 0 spiro atoms. The molecule has 18 heavy (non-hydrogen) atoms. The zero-order valence-corrected chi connectivity index (χ0v) is 15.8. The summed E-state index contributed by atoms with van der Waals surface area (Å²) in [6, 6.07) is 0. The first kappa shape index (κ1) is 14.6. The number of alkyl halides is 6. The summed E-state index contributed by atoms with van der Waals surface area (Å²) in [4.78, 5) is 0. The zero-order valence-electron chi connectivity index (χ0n) is 9.41. The van der Waals surface area contributed by atoms with Crippen LogP contribution in [0, 0.1) is 23.4 Å². The molecule has 0 aromatic rings. The second-order valence-corrected chi connectivity index (χ2v) is 4.90. The number of hydrogen-bond donors (Lipinski definition) is 1. The van der Waals surface area contributed by atoms with E-state index in [2.05, 4.69) is 0 Å². The molecule has 2 saturated carbocycles. The fourth-order valence-corrected chi connectivity index (χ4v) is 3.35. The third-order valence-electron chi connectivity index (χ3n) is 4.05. The Labute approximate surface area is 93.8 Å². The van der Waals surface area contributed by atoms with E-state index in [0.717, 1.165) is 0 Å². The molecule has 3 unspecified atom stereocenters. The van der Waals surface area contributed by atoms with Gasteiger partial charge in [-0.15, -0.1) is 0 Å². The third kappa shape index (κ3) is 1.71. The van der Waals surface area contributed by atoms with Crippen LogP contribution in [0.5, 0.6) is 0 Å². The van der Waals surface area contributed by atoms with Gasteiger partial charge in [0.25, 0.3) is 6.18 Å². The van der Waals surface area contributed by atoms with Crippen LogP contribution in [0.4, 0.5) is 26.3 Å². The van der Waals surface area contributed by atoms with Crippen molar-refractivity contribution in [3.8, 4) is 0 Å². The van der Waals surface area contributed by atoms with E-state index in [9.17, 15) is 26.3 Å². The second kappa shape index (κ2) is 3.76. The van der Waals surface area contributed by atoms with Crippen molar-refractivity contribution in [2.45, 2.75) is 38.0 Å². The van der Waals surface area contributed by atoms with Gasteiger partial charge in [-0.3, -0.25) is 0 Å². The molecule has 102 valence electrons. The van der Waals surface area contributed by atoms with Crippen LogP contribution in [0.1, 0.15) is 25.7 Å². The Kier molecular flexibility index (Phi) is 3.05. The number of hydrogen-bond acceptors (Lipinski definition) is 1. The molecular formula is C10H11F6ORf-. The molecule has 2 rings (SSSR count). The molecule has 2 aliphatic rings. The maximum absolute atomic E-state index is 13.0. The van der Waals surface area contributed by atoms with Crippen molar-refractivity contribution in [3.63, 3.8) is 0 Å². The summed E-state index contributed by atoms with van der Waals surface area (Å²) < 4.78 is 76.2. The van der Waals surface area contributed by atoms with Gasteiger partial charge in [-0.1, -0.05) is 31.3 Å². The molecule has 0 radical (unpaired) electrons. The van der Waals surface area contributed by atoms with Crippen molar-refractivity contribution in [2.24, 2.45) is 17.3 Å². The second-order valence-electron chi connectivity index (χ2n) is 4.90. The van der Waals surface area contributed by atoms with Crippen molar-refractivity contribution >= 4 is 0 Å². The summed E-state index contributed by atoms with van der Waals surface area (Å²) in [7, 11) is 0. The Morgan fingerprint density at radius 1 is 1.06 bits per heavy atom. The molecule has 3 atom stereocenters. The standard InChI is InChI=1S/C10H11F6O.Rf/c11-9(12,13)7(17)8(10(14,15)16)4-5-1-2-6(8)3-5;/h5-6,17H,1-4H2;/q-1;. The summed E-state index contributed by atoms with van der Waals surface area (Å²) >= 11 is 0. The first-order valence-electron chi connectivity index (χ1n) is 5.29. The van der Waals surface area contributed by atoms with Gasteiger partial charge in [-0.25, -0.2) is 13.2 Å². The van der Waals surface area contributed by atoms with Crippen molar-refractivity contribution in [1.29, 1.82) is 0 Å². The van der Waals surface area contributed by atoms with E-state index in [1.54, 1.807) is 0 Å². The van der Waals surface area contributed by atoms with Crippen LogP contribution in [0.25, 0.3) is 0 Å². The van der Waals surface area contributed by atoms with Crippen LogP contribution in [0.15, 0.2) is 0 Å². The molecular weight excluding hydrogens is 517 g/mol. The number of aliphatic hydroxyl groups excluding tert-OH is 1. The molecule has 0 amide bonds. The summed E-state index contributed by atoms with van der Waals surface area (Å²) in [5.74, 6) is -1.49. The van der Waals surface area contributed by atoms with E-state index in [-0.39, 0.29) is 18.8 Å². The molecule has 2 bridgehead atoms. The van der Waals surface area contributed by atoms with E-state index in [4.69, 9.17) is 5.11 Å². The molecule has 1 nitrogen and oxygen atoms in total. The van der Waals surface area contributed by atoms with Gasteiger partial charge in [-0.2, -0.15) is 13.2 Å². The topological polar surface area (TPSA) is 20.2 Å². The quantitative estimate of drug-likeness (QED) is 0.406. The Morgan fingerprint density at radius 3 is 1.89 bits per heavy atom. The van der Waals surface area contributed by atoms with Crippen LogP contribution in [0.3, 0.4) is 0 Å². The Bertz CT molecular complexity index is 314. The van der Waals surface area contributed by atoms with Gasteiger partial charge in [0.15, 0.2) is 0 Å². The monoisotopic (exact) mass is 528 g/mol. The predicted octanol–water partition coefficient (Wildman–Crippen LogP) is 3.82. The van der Waals surface area contributed by atoms with Crippen molar-refractivity contribution in [2.75, 3.05) is 0 Å². The minimum atomic E-state index is -5.31. The molecule has 2 fully saturated rings. The summed E-state index contributed by atoms with van der Waals surface area (Å²) in [6.07, 6.45) is -12.6. The normalized spacial score (nSPS) is 36.0. The summed E-state index contributed by atoms with van der Waals surface area (Å²) in [5, 5.41) is 9.07. The average Bonchev–Trinajstić information content (AvgIpc) is 2.72. The number of halogens is 6. The maximum Gasteiger partial charge on any atom is 0.371 e. The van der Waals surface area contributed by atoms with Crippen molar-refractivity contribution in [1.82, 2.24) is 0 Å². The third-order valence-corrected chi connectivity index (χ3v) is 4.05. The smallest absolute Gasteiger partial charge is 0.371 e. The Balaban J connectivity index is 0.00000162. The van der Waals surface area contributed by atoms with Gasteiger partial charge in [0.1, 0.15) is 0 Å². The van der Waals surface area contributed by atoms with Gasteiger partial charge in [0.05, 0.1) is 0 Å². The summed E-state index contributed by atoms with van der Waals surface area (Å²) in [6.45, 7) is 0. The summed E-state index contributed by atoms with van der Waals surface area (Å²) in [5.41, 5.74) is -3.06. The van der Waals surface area contributed by atoms with Gasteiger partial charge >= 0.3 is 6.18 Å². The Morgan fingerprint density at radius 2 is 1.61 bits per heavy atom. The molecule has 0 heterocycles. The minimum absolute atomic E-state index is 0. The van der Waals surface area contributed by atoms with E-state index >= 15 is 0 Å². The van der Waals surface area contributed by atoms with Crippen LogP contribution >= 0.6 is 0 Å². The molecule has 2 aliphatic carbocycles. The molecule has 0 aromatic carbocycles. The van der Waals surface area contributed by atoms with E-state index in [1.807, 2.05) is 0 Å². The van der Waals surface area contributed by atoms with Crippen LogP contribution in [0.2, 0.25) is 0 Å². The van der Waals surface area contributed by atoms with Gasteiger partial charge in [0.2, 0.25) is 0 Å². The van der Waals surface area contributed by atoms with Gasteiger partial charge in [0, 0.05) is 0 Å². The largest absolute Gasteiger partial charge is 0.554 e. The van der Waals surface area contributed by atoms with Crippen LogP contribution in [-0.4, -0.2) is 17.5 Å². The van der Waals surface area contributed by atoms with Crippen molar-refractivity contribution in [3.05, 3.63) is 6.10 Å². The number of fused-ring (bicyclic) bond motifs is 2. The average molecular weight is 528 g/mol. The van der Waals surface area contributed by atoms with E-state index in [0.29, 0.717) is 6.42 Å². The fourth-order valence-electron chi connectivity index (χ4n) is 3.35. The van der Waals surface area contributed by atoms with Crippen LogP contribution in [-0.2, 0) is 0 Å². The Hall–Kier alpha value is -1.46. The van der Waals surface area contributed by atoms with Crippen LogP contribution < -0.4 is 0 Å². The SMILES string of the molecule is O[C-](C(F)(F)F)C1(C(F)(F)F)CC2CCC1C2.[Rf]. The first-order valence-corrected chi connectivity index (χ1v) is 5.29. The van der Waals surface area contributed by atoms with Gasteiger partial charge in [-0.05, 0) is 17.8 Å². The zero-order chi connectivity index (χ0) is 13.1. The fraction of sp³-hybridized carbons (Fsp3) is 0.900. The minimum Gasteiger partial charge on any atom is -0.554 e. The molecule has 0 saturated heterocycles. The molecule has 0 aromatic heterocycles. The van der Waals surface area contributed by atoms with Gasteiger partial charge < -0.3 is 5.11 Å². The van der Waals surface area contributed by atoms with Crippen molar-refractivity contribution < 1.29 is 31.4 Å². The number of aliphatic hydroxyl groups is 1. The molecule has 0 aliphatic heterocycles. The maximum atomic E-state index is 13.0.